The van der Waals surface area contributed by atoms with Gasteiger partial charge in [0.1, 0.15) is 23.8 Å². The standard InChI is InChI=1S/C19H25FN4OS.C3H8/c1-11(2)12(3)17(21-7)24-18-13-8-16(26(25)19(4,5)6)14(20)9-15(13)22-10-23-18;1-3-2/h8-10H,1-7H3,(H,21,22,23,24);3H2,1-2H3. The van der Waals surface area contributed by atoms with E-state index < -0.39 is 21.4 Å². The third kappa shape index (κ3) is 6.42. The van der Waals surface area contributed by atoms with Gasteiger partial charge in [-0.25, -0.2) is 14.4 Å². The summed E-state index contributed by atoms with van der Waals surface area (Å²) in [6, 6.07) is 2.87. The van der Waals surface area contributed by atoms with E-state index in [2.05, 4.69) is 34.1 Å². The first kappa shape index (κ1) is 24.9. The number of allylic oxidation sites excluding steroid dienone is 1. The van der Waals surface area contributed by atoms with Crippen molar-refractivity contribution in [1.82, 2.24) is 9.97 Å². The van der Waals surface area contributed by atoms with Crippen molar-refractivity contribution in [3.63, 3.8) is 0 Å². The fraction of sp³-hybridized carbons (Fsp3) is 0.500. The second-order valence-electron chi connectivity index (χ2n) is 7.93. The van der Waals surface area contributed by atoms with Crippen molar-refractivity contribution < 1.29 is 8.60 Å². The number of halogens is 1. The summed E-state index contributed by atoms with van der Waals surface area (Å²) in [5.74, 6) is 0.649. The number of hydrogen-bond donors (Lipinski definition) is 1. The number of rotatable bonds is 3. The van der Waals surface area contributed by atoms with Gasteiger partial charge in [0.2, 0.25) is 0 Å². The molecule has 0 bridgehead atoms. The van der Waals surface area contributed by atoms with Gasteiger partial charge in [-0.1, -0.05) is 25.8 Å². The summed E-state index contributed by atoms with van der Waals surface area (Å²) in [5, 5.41) is 3.80. The molecule has 160 valence electrons. The Kier molecular flexibility index (Phi) is 9.08. The number of nitrogens with zero attached hydrogens (tertiary/aromatic N) is 3. The van der Waals surface area contributed by atoms with Crippen LogP contribution in [-0.4, -0.2) is 31.8 Å². The Balaban J connectivity index is 0.00000132. The lowest BCUT2D eigenvalue weighted by atomic mass is 10.1. The van der Waals surface area contributed by atoms with Gasteiger partial charge >= 0.3 is 0 Å². The maximum atomic E-state index is 14.5. The van der Waals surface area contributed by atoms with E-state index in [1.807, 2.05) is 41.5 Å². The SMILES string of the molecule is CCC.CN=C(Nc1ncnc2cc(F)c(S(=O)C(C)(C)C)cc12)C(C)=C(C)C. The molecule has 0 saturated carbocycles. The Hall–Kier alpha value is -2.15. The van der Waals surface area contributed by atoms with Crippen molar-refractivity contribution >= 4 is 33.4 Å². The van der Waals surface area contributed by atoms with Crippen LogP contribution in [0, 0.1) is 5.82 Å². The van der Waals surface area contributed by atoms with Gasteiger partial charge in [0, 0.05) is 23.2 Å². The number of aliphatic imine (C=N–C) groups is 1. The molecule has 0 spiro atoms. The van der Waals surface area contributed by atoms with Gasteiger partial charge in [0.15, 0.2) is 0 Å². The van der Waals surface area contributed by atoms with Gasteiger partial charge in [0.25, 0.3) is 0 Å². The highest BCUT2D eigenvalue weighted by Gasteiger charge is 2.25. The van der Waals surface area contributed by atoms with Crippen molar-refractivity contribution in [3.8, 4) is 0 Å². The summed E-state index contributed by atoms with van der Waals surface area (Å²) in [6.07, 6.45) is 2.62. The Bertz CT molecular complexity index is 942. The molecule has 1 unspecified atom stereocenters. The fourth-order valence-corrected chi connectivity index (χ4v) is 3.42. The number of nitrogens with one attached hydrogen (secondary N) is 1. The lowest BCUT2D eigenvalue weighted by molar-refractivity contribution is 0.589. The molecule has 1 aromatic carbocycles. The van der Waals surface area contributed by atoms with Crippen LogP contribution in [0.15, 0.2) is 39.5 Å². The smallest absolute Gasteiger partial charge is 0.142 e. The number of anilines is 1. The van der Waals surface area contributed by atoms with Crippen LogP contribution in [-0.2, 0) is 10.8 Å². The van der Waals surface area contributed by atoms with E-state index in [0.29, 0.717) is 22.6 Å². The van der Waals surface area contributed by atoms with Gasteiger partial charge in [0.05, 0.1) is 21.2 Å². The highest BCUT2D eigenvalue weighted by Crippen LogP contribution is 2.29. The van der Waals surface area contributed by atoms with Crippen molar-refractivity contribution in [2.24, 2.45) is 4.99 Å². The minimum absolute atomic E-state index is 0.150. The van der Waals surface area contributed by atoms with E-state index in [1.165, 1.54) is 18.8 Å². The van der Waals surface area contributed by atoms with Gasteiger partial charge in [-0.3, -0.25) is 9.20 Å². The molecule has 29 heavy (non-hydrogen) atoms. The van der Waals surface area contributed by atoms with Crippen LogP contribution in [0.1, 0.15) is 61.8 Å². The minimum atomic E-state index is -1.51. The molecular formula is C22H33FN4OS. The van der Waals surface area contributed by atoms with Crippen LogP contribution in [0.2, 0.25) is 0 Å². The topological polar surface area (TPSA) is 67.2 Å². The van der Waals surface area contributed by atoms with Crippen LogP contribution in [0.25, 0.3) is 10.9 Å². The number of hydrogen-bond acceptors (Lipinski definition) is 4. The molecule has 1 aromatic heterocycles. The lowest BCUT2D eigenvalue weighted by Gasteiger charge is -2.19. The van der Waals surface area contributed by atoms with E-state index in [-0.39, 0.29) is 4.90 Å². The predicted molar refractivity (Wildman–Crippen MR) is 123 cm³/mol. The number of fused-ring (bicyclic) bond motifs is 1. The van der Waals surface area contributed by atoms with Crippen LogP contribution in [0.4, 0.5) is 10.2 Å². The maximum Gasteiger partial charge on any atom is 0.142 e. The number of benzene rings is 1. The zero-order chi connectivity index (χ0) is 22.4. The highest BCUT2D eigenvalue weighted by molar-refractivity contribution is 7.86. The molecule has 2 aromatic rings. The first-order chi connectivity index (χ1) is 13.5. The Morgan fingerprint density at radius 3 is 2.24 bits per heavy atom. The Morgan fingerprint density at radius 2 is 1.76 bits per heavy atom. The first-order valence-electron chi connectivity index (χ1n) is 9.72. The molecule has 7 heteroatoms. The van der Waals surface area contributed by atoms with E-state index in [4.69, 9.17) is 0 Å². The molecule has 0 aliphatic heterocycles. The molecule has 0 aliphatic carbocycles. The van der Waals surface area contributed by atoms with Crippen molar-refractivity contribution in [2.75, 3.05) is 12.4 Å². The molecule has 0 amide bonds. The molecule has 0 aliphatic rings. The molecule has 1 heterocycles. The summed E-state index contributed by atoms with van der Waals surface area (Å²) in [6.45, 7) is 15.7. The van der Waals surface area contributed by atoms with Gasteiger partial charge in [-0.2, -0.15) is 0 Å². The lowest BCUT2D eigenvalue weighted by Crippen LogP contribution is -2.22. The Labute approximate surface area is 176 Å². The molecule has 0 saturated heterocycles. The van der Waals surface area contributed by atoms with Gasteiger partial charge in [-0.05, 0) is 53.2 Å². The zero-order valence-electron chi connectivity index (χ0n) is 19.0. The predicted octanol–water partition coefficient (Wildman–Crippen LogP) is 5.89. The van der Waals surface area contributed by atoms with Crippen molar-refractivity contribution in [3.05, 3.63) is 35.4 Å². The van der Waals surface area contributed by atoms with Crippen LogP contribution in [0.3, 0.4) is 0 Å². The first-order valence-corrected chi connectivity index (χ1v) is 10.9. The third-order valence-corrected chi connectivity index (χ3v) is 5.84. The number of amidine groups is 1. The molecular weight excluding hydrogens is 387 g/mol. The summed E-state index contributed by atoms with van der Waals surface area (Å²) in [5.41, 5.74) is 2.57. The maximum absolute atomic E-state index is 14.5. The monoisotopic (exact) mass is 420 g/mol. The van der Waals surface area contributed by atoms with Crippen LogP contribution < -0.4 is 5.32 Å². The van der Waals surface area contributed by atoms with E-state index >= 15 is 0 Å². The minimum Gasteiger partial charge on any atom is -0.324 e. The molecule has 1 atom stereocenters. The van der Waals surface area contributed by atoms with Crippen molar-refractivity contribution in [1.29, 1.82) is 0 Å². The summed E-state index contributed by atoms with van der Waals surface area (Å²) < 4.78 is 26.6. The summed E-state index contributed by atoms with van der Waals surface area (Å²) >= 11 is 0. The fourth-order valence-electron chi connectivity index (χ4n) is 2.30. The largest absolute Gasteiger partial charge is 0.324 e. The quantitative estimate of drug-likeness (QED) is 0.497. The molecule has 2 rings (SSSR count). The zero-order valence-corrected chi connectivity index (χ0v) is 19.8. The summed E-state index contributed by atoms with van der Waals surface area (Å²) in [7, 11) is 0.187. The number of aromatic nitrogens is 2. The second kappa shape index (κ2) is 10.6. The van der Waals surface area contributed by atoms with Gasteiger partial charge < -0.3 is 5.32 Å². The van der Waals surface area contributed by atoms with E-state index in [0.717, 1.165) is 11.1 Å². The Morgan fingerprint density at radius 1 is 1.17 bits per heavy atom. The molecule has 1 N–H and O–H groups in total. The normalized spacial score (nSPS) is 12.8. The summed E-state index contributed by atoms with van der Waals surface area (Å²) in [4.78, 5) is 12.8. The average molecular weight is 421 g/mol. The second-order valence-corrected chi connectivity index (χ2v) is 10.1. The third-order valence-electron chi connectivity index (χ3n) is 4.01. The molecule has 0 fully saturated rings. The van der Waals surface area contributed by atoms with Gasteiger partial charge in [-0.15, -0.1) is 0 Å². The van der Waals surface area contributed by atoms with E-state index in [1.54, 1.807) is 13.1 Å². The highest BCUT2D eigenvalue weighted by atomic mass is 32.2. The van der Waals surface area contributed by atoms with E-state index in [9.17, 15) is 8.60 Å². The average Bonchev–Trinajstić information content (AvgIpc) is 2.64. The van der Waals surface area contributed by atoms with Crippen LogP contribution >= 0.6 is 0 Å². The van der Waals surface area contributed by atoms with Crippen LogP contribution in [0.5, 0.6) is 0 Å². The molecule has 0 radical (unpaired) electrons. The van der Waals surface area contributed by atoms with Crippen molar-refractivity contribution in [2.45, 2.75) is 71.5 Å². The molecule has 5 nitrogen and oxygen atoms in total.